The number of Topliss-reactive ketones (excluding diaryl/α,β-unsaturated/α-hetero) is 1. The van der Waals surface area contributed by atoms with E-state index in [0.29, 0.717) is 49.5 Å². The number of carbonyl (C=O) groups excluding carboxylic acids is 4. The molecule has 0 aliphatic carbocycles. The minimum absolute atomic E-state index is 0.0157. The molecule has 0 aromatic heterocycles. The summed E-state index contributed by atoms with van der Waals surface area (Å²) in [5, 5.41) is 0. The van der Waals surface area contributed by atoms with Crippen LogP contribution < -0.4 is 9.64 Å². The van der Waals surface area contributed by atoms with E-state index in [4.69, 9.17) is 18.9 Å². The third-order valence-electron chi connectivity index (χ3n) is 6.44. The van der Waals surface area contributed by atoms with Crippen molar-refractivity contribution < 1.29 is 38.1 Å². The van der Waals surface area contributed by atoms with Crippen molar-refractivity contribution in [3.05, 3.63) is 59.5 Å². The maximum absolute atomic E-state index is 13.3. The highest BCUT2D eigenvalue weighted by Gasteiger charge is 2.44. The summed E-state index contributed by atoms with van der Waals surface area (Å²) in [5.41, 5.74) is 0.139. The van der Waals surface area contributed by atoms with Gasteiger partial charge in [-0.1, -0.05) is 6.08 Å². The van der Waals surface area contributed by atoms with Gasteiger partial charge in [-0.05, 0) is 37.3 Å². The summed E-state index contributed by atoms with van der Waals surface area (Å²) in [7, 11) is 2.44. The van der Waals surface area contributed by atoms with E-state index in [1.807, 2.05) is 0 Å². The Hall–Kier alpha value is -4.08. The van der Waals surface area contributed by atoms with E-state index in [2.05, 4.69) is 0 Å². The molecule has 1 fully saturated rings. The fourth-order valence-electron chi connectivity index (χ4n) is 4.59. The molecule has 3 aliphatic rings. The number of benzene rings is 1. The van der Waals surface area contributed by atoms with Gasteiger partial charge in [0.25, 0.3) is 0 Å². The largest absolute Gasteiger partial charge is 0.486 e. The summed E-state index contributed by atoms with van der Waals surface area (Å²) < 4.78 is 21.2. The number of carbonyl (C=O) groups is 4. The van der Waals surface area contributed by atoms with Gasteiger partial charge >= 0.3 is 18.0 Å². The van der Waals surface area contributed by atoms with Crippen LogP contribution >= 0.6 is 0 Å². The van der Waals surface area contributed by atoms with Crippen LogP contribution in [0.25, 0.3) is 0 Å². The van der Waals surface area contributed by atoms with Gasteiger partial charge in [-0.3, -0.25) is 4.79 Å². The topological polar surface area (TPSA) is 112 Å². The number of ether oxygens (including phenoxy) is 4. The monoisotopic (exact) mass is 496 g/mol. The van der Waals surface area contributed by atoms with E-state index in [0.717, 1.165) is 0 Å². The second kappa shape index (κ2) is 10.3. The molecule has 10 nitrogen and oxygen atoms in total. The number of nitrogens with zero attached hydrogens (tertiary/aromatic N) is 2. The quantitative estimate of drug-likeness (QED) is 0.458. The molecule has 0 saturated carbocycles. The van der Waals surface area contributed by atoms with E-state index in [-0.39, 0.29) is 29.6 Å². The lowest BCUT2D eigenvalue weighted by molar-refractivity contribution is -0.139. The number of methoxy groups -OCH3 is 2. The number of likely N-dealkylation sites (tertiary alicyclic amines) is 1. The molecule has 36 heavy (non-hydrogen) atoms. The molecule has 0 unspecified atom stereocenters. The Kier molecular flexibility index (Phi) is 7.14. The number of rotatable bonds is 4. The van der Waals surface area contributed by atoms with Gasteiger partial charge in [0.2, 0.25) is 0 Å². The molecule has 1 amide bonds. The number of esters is 2. The second-order valence-corrected chi connectivity index (χ2v) is 8.57. The molecule has 1 aromatic rings. The van der Waals surface area contributed by atoms with Crippen LogP contribution in [0.1, 0.15) is 36.5 Å². The van der Waals surface area contributed by atoms with Gasteiger partial charge in [0.15, 0.2) is 5.78 Å². The molecular formula is C26H28N2O8. The number of hydrogen-bond acceptors (Lipinski definition) is 9. The van der Waals surface area contributed by atoms with Crippen LogP contribution in [-0.2, 0) is 23.8 Å². The average Bonchev–Trinajstić information content (AvgIpc) is 3.11. The van der Waals surface area contributed by atoms with Crippen molar-refractivity contribution >= 4 is 29.5 Å². The Balaban J connectivity index is 1.63. The molecule has 1 saturated heterocycles. The molecule has 0 atom stereocenters. The highest BCUT2D eigenvalue weighted by atomic mass is 16.6. The first kappa shape index (κ1) is 25.0. The Morgan fingerprint density at radius 3 is 2.44 bits per heavy atom. The van der Waals surface area contributed by atoms with Crippen LogP contribution in [0, 0.1) is 0 Å². The van der Waals surface area contributed by atoms with Gasteiger partial charge in [-0.25, -0.2) is 14.4 Å². The average molecular weight is 497 g/mol. The standard InChI is InChI=1S/C26H28N2O8/c1-4-35-25(32)27-13-10-26(11-14-27)16-20(29)19-15-17(8-9-21(19)36-26)28-12-6-5-7-18(23(30)33-2)22(28)24(31)34-3/h5-9,12,15H,4,10-11,13-14,16H2,1-3H3. The first-order valence-electron chi connectivity index (χ1n) is 11.7. The zero-order valence-corrected chi connectivity index (χ0v) is 20.4. The van der Waals surface area contributed by atoms with Crippen molar-refractivity contribution in [2.45, 2.75) is 31.8 Å². The lowest BCUT2D eigenvalue weighted by Gasteiger charge is -2.43. The van der Waals surface area contributed by atoms with Crippen molar-refractivity contribution in [3.8, 4) is 5.75 Å². The number of piperidine rings is 1. The summed E-state index contributed by atoms with van der Waals surface area (Å²) in [5.74, 6) is -1.10. The van der Waals surface area contributed by atoms with E-state index >= 15 is 0 Å². The van der Waals surface area contributed by atoms with Crippen molar-refractivity contribution in [1.82, 2.24) is 4.90 Å². The van der Waals surface area contributed by atoms with Crippen molar-refractivity contribution in [2.24, 2.45) is 0 Å². The molecule has 0 radical (unpaired) electrons. The van der Waals surface area contributed by atoms with Crippen LogP contribution in [0.5, 0.6) is 5.75 Å². The van der Waals surface area contributed by atoms with Crippen LogP contribution in [0.15, 0.2) is 53.9 Å². The second-order valence-electron chi connectivity index (χ2n) is 8.57. The normalized spacial score (nSPS) is 18.4. The van der Waals surface area contributed by atoms with Gasteiger partial charge in [0.1, 0.15) is 17.0 Å². The van der Waals surface area contributed by atoms with Crippen molar-refractivity contribution in [1.29, 1.82) is 0 Å². The predicted octanol–water partition coefficient (Wildman–Crippen LogP) is 3.13. The van der Waals surface area contributed by atoms with Crippen molar-refractivity contribution in [3.63, 3.8) is 0 Å². The zero-order valence-electron chi connectivity index (χ0n) is 20.4. The smallest absolute Gasteiger partial charge is 0.409 e. The highest BCUT2D eigenvalue weighted by Crippen LogP contribution is 2.41. The number of allylic oxidation sites excluding steroid dienone is 2. The summed E-state index contributed by atoms with van der Waals surface area (Å²) >= 11 is 0. The third-order valence-corrected chi connectivity index (χ3v) is 6.44. The molecule has 3 heterocycles. The number of hydrogen-bond donors (Lipinski definition) is 0. The third kappa shape index (κ3) is 4.71. The van der Waals surface area contributed by atoms with E-state index in [9.17, 15) is 19.2 Å². The molecule has 0 N–H and O–H groups in total. The first-order valence-corrected chi connectivity index (χ1v) is 11.7. The summed E-state index contributed by atoms with van der Waals surface area (Å²) in [6, 6.07) is 5.01. The van der Waals surface area contributed by atoms with E-state index in [1.54, 1.807) is 48.4 Å². The number of amides is 1. The number of fused-ring (bicyclic) bond motifs is 1. The highest BCUT2D eigenvalue weighted by molar-refractivity contribution is 6.06. The lowest BCUT2D eigenvalue weighted by Crippen LogP contribution is -2.52. The predicted molar refractivity (Wildman–Crippen MR) is 128 cm³/mol. The Labute approximate surface area is 208 Å². The van der Waals surface area contributed by atoms with E-state index in [1.165, 1.54) is 25.2 Å². The SMILES string of the molecule is CCOC(=O)N1CCC2(CC1)CC(=O)c1cc(N3C=CC=CC(C(=O)OC)=C3C(=O)OC)ccc1O2. The fourth-order valence-corrected chi connectivity index (χ4v) is 4.59. The minimum atomic E-state index is -0.737. The maximum atomic E-state index is 13.3. The molecule has 4 rings (SSSR count). The molecular weight excluding hydrogens is 468 g/mol. The Bertz CT molecular complexity index is 1170. The Morgan fingerprint density at radius 2 is 1.78 bits per heavy atom. The van der Waals surface area contributed by atoms with Gasteiger partial charge in [-0.2, -0.15) is 0 Å². The number of anilines is 1. The molecule has 1 spiro atoms. The van der Waals surface area contributed by atoms with Crippen LogP contribution in [0.2, 0.25) is 0 Å². The first-order chi connectivity index (χ1) is 17.3. The Morgan fingerprint density at radius 1 is 1.06 bits per heavy atom. The molecule has 10 heteroatoms. The zero-order chi connectivity index (χ0) is 25.9. The van der Waals surface area contributed by atoms with Crippen LogP contribution in [-0.4, -0.2) is 68.2 Å². The lowest BCUT2D eigenvalue weighted by atomic mass is 9.82. The van der Waals surface area contributed by atoms with Gasteiger partial charge in [0, 0.05) is 37.8 Å². The van der Waals surface area contributed by atoms with E-state index < -0.39 is 17.5 Å². The molecule has 0 bridgehead atoms. The van der Waals surface area contributed by atoms with Crippen LogP contribution in [0.4, 0.5) is 10.5 Å². The van der Waals surface area contributed by atoms with Gasteiger partial charge in [0.05, 0.1) is 38.4 Å². The summed E-state index contributed by atoms with van der Waals surface area (Å²) in [4.78, 5) is 53.5. The molecule has 1 aromatic carbocycles. The summed E-state index contributed by atoms with van der Waals surface area (Å²) in [6.07, 6.45) is 7.16. The van der Waals surface area contributed by atoms with Gasteiger partial charge in [-0.15, -0.1) is 0 Å². The van der Waals surface area contributed by atoms with Crippen LogP contribution in [0.3, 0.4) is 0 Å². The molecule has 3 aliphatic heterocycles. The minimum Gasteiger partial charge on any atom is -0.486 e. The van der Waals surface area contributed by atoms with Crippen molar-refractivity contribution in [2.75, 3.05) is 38.8 Å². The fraction of sp³-hybridized carbons (Fsp3) is 0.385. The summed E-state index contributed by atoms with van der Waals surface area (Å²) in [6.45, 7) is 2.94. The van der Waals surface area contributed by atoms with Gasteiger partial charge < -0.3 is 28.7 Å². The molecule has 190 valence electrons. The number of ketones is 1. The maximum Gasteiger partial charge on any atom is 0.409 e.